The predicted molar refractivity (Wildman–Crippen MR) is 48.3 cm³/mol. The third-order valence-electron chi connectivity index (χ3n) is 1.40. The van der Waals surface area contributed by atoms with Gasteiger partial charge >= 0.3 is 5.51 Å². The van der Waals surface area contributed by atoms with Crippen LogP contribution in [0.1, 0.15) is 0 Å². The van der Waals surface area contributed by atoms with Gasteiger partial charge in [-0.05, 0) is 18.2 Å². The summed E-state index contributed by atoms with van der Waals surface area (Å²) in [5.41, 5.74) is 0.655. The maximum atomic E-state index is 12.0. The molecule has 0 amide bonds. The maximum absolute atomic E-state index is 12.0. The summed E-state index contributed by atoms with van der Waals surface area (Å²) in [6.07, 6.45) is 0. The Morgan fingerprint density at radius 3 is 2.36 bits per heavy atom. The van der Waals surface area contributed by atoms with Crippen LogP contribution in [0.5, 0.6) is 0 Å². The third kappa shape index (κ3) is 2.39. The average Bonchev–Trinajstić information content (AvgIpc) is 2.07. The Labute approximate surface area is 85.3 Å². The molecule has 0 spiro atoms. The lowest BCUT2D eigenvalue weighted by atomic mass is 10.3. The molecule has 0 heterocycles. The van der Waals surface area contributed by atoms with E-state index in [0.717, 1.165) is 12.1 Å². The van der Waals surface area contributed by atoms with Crippen molar-refractivity contribution in [3.05, 3.63) is 23.2 Å². The van der Waals surface area contributed by atoms with Gasteiger partial charge in [0.25, 0.3) is 0 Å². The van der Waals surface area contributed by atoms with Gasteiger partial charge in [0, 0.05) is 4.90 Å². The molecule has 0 bridgehead atoms. The van der Waals surface area contributed by atoms with Gasteiger partial charge in [0.15, 0.2) is 10.8 Å². The Morgan fingerprint density at radius 2 is 1.93 bits per heavy atom. The Kier molecular flexibility index (Phi) is 3.06. The molecule has 0 fully saturated rings. The predicted octanol–water partition coefficient (Wildman–Crippen LogP) is 2.55. The zero-order valence-corrected chi connectivity index (χ0v) is 8.21. The van der Waals surface area contributed by atoms with E-state index >= 15 is 0 Å². The molecule has 1 unspecified atom stereocenters. The zero-order valence-electron chi connectivity index (χ0n) is 6.64. The van der Waals surface area contributed by atoms with Crippen LogP contribution < -0.4 is 5.73 Å². The second-order valence-electron chi connectivity index (χ2n) is 2.40. The highest BCUT2D eigenvalue weighted by Crippen LogP contribution is 2.29. The first-order valence-corrected chi connectivity index (χ1v) is 4.89. The van der Waals surface area contributed by atoms with Crippen LogP contribution in [0.15, 0.2) is 23.1 Å². The molecule has 0 radical (unpaired) electrons. The average molecular weight is 244 g/mol. The summed E-state index contributed by atoms with van der Waals surface area (Å²) in [5.74, 6) is 0. The summed E-state index contributed by atoms with van der Waals surface area (Å²) >= 11 is 5.48. The topological polar surface area (TPSA) is 43.1 Å². The number of hydrogen-bond donors (Lipinski definition) is 1. The van der Waals surface area contributed by atoms with E-state index in [2.05, 4.69) is 0 Å². The zero-order chi connectivity index (χ0) is 10.9. The standard InChI is InChI=1S/C7H5ClF3NOS/c8-5-3-4(1-2-6(5)12)14(13)7(9,10)11/h1-3H,12H2. The lowest BCUT2D eigenvalue weighted by Gasteiger charge is -2.06. The highest BCUT2D eigenvalue weighted by molar-refractivity contribution is 7.86. The van der Waals surface area contributed by atoms with Crippen LogP contribution in [-0.2, 0) is 10.8 Å². The minimum Gasteiger partial charge on any atom is -0.398 e. The number of alkyl halides is 3. The molecule has 1 atom stereocenters. The fourth-order valence-electron chi connectivity index (χ4n) is 0.757. The van der Waals surface area contributed by atoms with Crippen molar-refractivity contribution >= 4 is 28.1 Å². The van der Waals surface area contributed by atoms with E-state index < -0.39 is 21.2 Å². The van der Waals surface area contributed by atoms with Crippen LogP contribution >= 0.6 is 11.6 Å². The van der Waals surface area contributed by atoms with Crippen molar-refractivity contribution < 1.29 is 17.4 Å². The van der Waals surface area contributed by atoms with E-state index in [-0.39, 0.29) is 10.7 Å². The lowest BCUT2D eigenvalue weighted by molar-refractivity contribution is -0.0384. The van der Waals surface area contributed by atoms with Crippen LogP contribution in [0.4, 0.5) is 18.9 Å². The lowest BCUT2D eigenvalue weighted by Crippen LogP contribution is -2.16. The molecule has 0 aliphatic heterocycles. The second-order valence-corrected chi connectivity index (χ2v) is 4.28. The highest BCUT2D eigenvalue weighted by Gasteiger charge is 2.38. The summed E-state index contributed by atoms with van der Waals surface area (Å²) in [7, 11) is -3.06. The van der Waals surface area contributed by atoms with Crippen molar-refractivity contribution in [3.63, 3.8) is 0 Å². The Balaban J connectivity index is 3.10. The normalized spacial score (nSPS) is 14.0. The van der Waals surface area contributed by atoms with Crippen molar-refractivity contribution in [3.8, 4) is 0 Å². The molecule has 1 aromatic rings. The Bertz CT molecular complexity index is 380. The quantitative estimate of drug-likeness (QED) is 0.771. The molecule has 0 aromatic heterocycles. The Hall–Kier alpha value is -0.750. The number of nitrogens with two attached hydrogens (primary N) is 1. The smallest absolute Gasteiger partial charge is 0.398 e. The van der Waals surface area contributed by atoms with Gasteiger partial charge in [-0.3, -0.25) is 0 Å². The number of anilines is 1. The highest BCUT2D eigenvalue weighted by atomic mass is 35.5. The van der Waals surface area contributed by atoms with E-state index in [0.29, 0.717) is 0 Å². The summed E-state index contributed by atoms with van der Waals surface area (Å²) in [5, 5.41) is -0.0416. The van der Waals surface area contributed by atoms with E-state index in [9.17, 15) is 17.4 Å². The van der Waals surface area contributed by atoms with E-state index in [4.69, 9.17) is 17.3 Å². The van der Waals surface area contributed by atoms with Crippen molar-refractivity contribution in [1.82, 2.24) is 0 Å². The molecule has 2 nitrogen and oxygen atoms in total. The van der Waals surface area contributed by atoms with Crippen molar-refractivity contribution in [2.24, 2.45) is 0 Å². The summed E-state index contributed by atoms with van der Waals surface area (Å²) in [6, 6.07) is 3.16. The third-order valence-corrected chi connectivity index (χ3v) is 2.83. The van der Waals surface area contributed by atoms with Crippen LogP contribution in [0.2, 0.25) is 5.02 Å². The van der Waals surface area contributed by atoms with Gasteiger partial charge in [-0.2, -0.15) is 13.2 Å². The van der Waals surface area contributed by atoms with Crippen LogP contribution in [0.25, 0.3) is 0 Å². The van der Waals surface area contributed by atoms with E-state index in [1.165, 1.54) is 6.07 Å². The first-order valence-electron chi connectivity index (χ1n) is 3.36. The summed E-state index contributed by atoms with van der Waals surface area (Å²) in [4.78, 5) is -0.406. The van der Waals surface area contributed by atoms with E-state index in [1.54, 1.807) is 0 Å². The van der Waals surface area contributed by atoms with Gasteiger partial charge < -0.3 is 5.73 Å². The number of halogens is 4. The number of nitrogen functional groups attached to an aromatic ring is 1. The molecule has 0 saturated heterocycles. The molecule has 1 rings (SSSR count). The van der Waals surface area contributed by atoms with Crippen LogP contribution in [-0.4, -0.2) is 9.72 Å². The minimum atomic E-state index is -4.78. The van der Waals surface area contributed by atoms with Gasteiger partial charge in [0.1, 0.15) is 0 Å². The van der Waals surface area contributed by atoms with Gasteiger partial charge in [0.05, 0.1) is 10.7 Å². The van der Waals surface area contributed by atoms with Gasteiger partial charge in [-0.15, -0.1) is 0 Å². The molecule has 78 valence electrons. The molecular weight excluding hydrogens is 239 g/mol. The first-order chi connectivity index (χ1) is 6.32. The Morgan fingerprint density at radius 1 is 1.36 bits per heavy atom. The largest absolute Gasteiger partial charge is 0.475 e. The summed E-state index contributed by atoms with van der Waals surface area (Å²) in [6.45, 7) is 0. The van der Waals surface area contributed by atoms with E-state index in [1.807, 2.05) is 0 Å². The molecule has 0 aliphatic rings. The first kappa shape index (κ1) is 11.3. The van der Waals surface area contributed by atoms with Crippen LogP contribution in [0.3, 0.4) is 0 Å². The molecule has 14 heavy (non-hydrogen) atoms. The second kappa shape index (κ2) is 3.78. The molecular formula is C7H5ClF3NOS. The molecule has 1 aromatic carbocycles. The van der Waals surface area contributed by atoms with Gasteiger partial charge in [-0.25, -0.2) is 4.21 Å². The van der Waals surface area contributed by atoms with Crippen molar-refractivity contribution in [1.29, 1.82) is 0 Å². The van der Waals surface area contributed by atoms with Crippen molar-refractivity contribution in [2.45, 2.75) is 10.4 Å². The van der Waals surface area contributed by atoms with Gasteiger partial charge in [-0.1, -0.05) is 11.6 Å². The number of benzene rings is 1. The molecule has 0 saturated carbocycles. The fourth-order valence-corrected chi connectivity index (χ4v) is 1.69. The monoisotopic (exact) mass is 243 g/mol. The number of rotatable bonds is 1. The maximum Gasteiger partial charge on any atom is 0.475 e. The molecule has 0 aliphatic carbocycles. The molecule has 7 heteroatoms. The van der Waals surface area contributed by atoms with Crippen LogP contribution in [0, 0.1) is 0 Å². The number of hydrogen-bond acceptors (Lipinski definition) is 2. The minimum absolute atomic E-state index is 0.0416. The summed E-state index contributed by atoms with van der Waals surface area (Å²) < 4.78 is 46.8. The van der Waals surface area contributed by atoms with Gasteiger partial charge in [0.2, 0.25) is 0 Å². The van der Waals surface area contributed by atoms with Crippen molar-refractivity contribution in [2.75, 3.05) is 5.73 Å². The SMILES string of the molecule is Nc1ccc(S(=O)C(F)(F)F)cc1Cl. The molecule has 2 N–H and O–H groups in total. The fraction of sp³-hybridized carbons (Fsp3) is 0.143.